The van der Waals surface area contributed by atoms with Gasteiger partial charge in [-0.15, -0.1) is 0 Å². The van der Waals surface area contributed by atoms with Gasteiger partial charge in [0.25, 0.3) is 5.91 Å². The van der Waals surface area contributed by atoms with Crippen LogP contribution in [0.25, 0.3) is 16.6 Å². The molecule has 3 aromatic carbocycles. The average Bonchev–Trinajstić information content (AvgIpc) is 3.69. The second-order valence-electron chi connectivity index (χ2n) is 17.9. The monoisotopic (exact) mass is 872 g/mol. The molecule has 1 aliphatic carbocycles. The fourth-order valence-corrected chi connectivity index (χ4v) is 9.92. The molecule has 64 heavy (non-hydrogen) atoms. The maximum atomic E-state index is 15.9. The number of anilines is 1. The number of nitrogens with one attached hydrogen (secondary N) is 3. The van der Waals surface area contributed by atoms with Gasteiger partial charge in [-0.3, -0.25) is 23.4 Å². The average molecular weight is 873 g/mol. The Morgan fingerprint density at radius 1 is 1.05 bits per heavy atom. The van der Waals surface area contributed by atoms with Gasteiger partial charge in [-0.25, -0.2) is 23.4 Å². The molecule has 9 rings (SSSR count). The quantitative estimate of drug-likeness (QED) is 0.0881. The van der Waals surface area contributed by atoms with Gasteiger partial charge in [0, 0.05) is 60.1 Å². The molecule has 0 bridgehead atoms. The Morgan fingerprint density at radius 3 is 2.42 bits per heavy atom. The molecule has 4 unspecified atom stereocenters. The normalized spacial score (nSPS) is 22.1. The Morgan fingerprint density at radius 2 is 1.78 bits per heavy atom. The smallest absolute Gasteiger partial charge is 0.400 e. The molecule has 17 heteroatoms. The van der Waals surface area contributed by atoms with Crippen molar-refractivity contribution in [2.75, 3.05) is 25.5 Å². The fraction of sp³-hybridized carbons (Fsp3) is 0.362. The number of aliphatic imine (C=N–C) groups is 1. The van der Waals surface area contributed by atoms with Crippen LogP contribution in [-0.2, 0) is 10.3 Å². The number of hydrogen-bond acceptors (Lipinski definition) is 10. The Hall–Kier alpha value is -6.88. The zero-order valence-corrected chi connectivity index (χ0v) is 36.7. The molecule has 6 aromatic rings. The summed E-state index contributed by atoms with van der Waals surface area (Å²) in [5, 5.41) is 15.7. The number of ether oxygens (including phenoxy) is 1. The van der Waals surface area contributed by atoms with E-state index in [4.69, 9.17) is 25.4 Å². The van der Waals surface area contributed by atoms with E-state index >= 15 is 9.18 Å². The third kappa shape index (κ3) is 6.80. The summed E-state index contributed by atoms with van der Waals surface area (Å²) in [6.07, 6.45) is 5.96. The molecule has 2 fully saturated rings. The van der Waals surface area contributed by atoms with Crippen LogP contribution in [0.2, 0.25) is 0 Å². The van der Waals surface area contributed by atoms with Crippen molar-refractivity contribution in [3.05, 3.63) is 139 Å². The number of halogens is 2. The zero-order chi connectivity index (χ0) is 45.6. The number of rotatable bonds is 9. The molecule has 4 atom stereocenters. The first-order valence-electron chi connectivity index (χ1n) is 21.3. The van der Waals surface area contributed by atoms with Crippen LogP contribution in [0.5, 0.6) is 0 Å². The van der Waals surface area contributed by atoms with E-state index in [1.54, 1.807) is 50.9 Å². The van der Waals surface area contributed by atoms with Gasteiger partial charge >= 0.3 is 11.4 Å². The number of H-pyrrole nitrogens is 1. The Bertz CT molecular complexity index is 3070. The molecule has 2 aliphatic heterocycles. The lowest BCUT2D eigenvalue weighted by Crippen LogP contribution is -2.41. The van der Waals surface area contributed by atoms with E-state index in [1.165, 1.54) is 23.0 Å². The molecule has 0 spiro atoms. The number of aromatic amines is 1. The van der Waals surface area contributed by atoms with Crippen LogP contribution in [-0.4, -0.2) is 78.5 Å². The van der Waals surface area contributed by atoms with Crippen molar-refractivity contribution < 1.29 is 22.8 Å². The van der Waals surface area contributed by atoms with Crippen LogP contribution in [0.1, 0.15) is 91.4 Å². The maximum Gasteiger partial charge on any atom is 0.438 e. The van der Waals surface area contributed by atoms with E-state index < -0.39 is 34.7 Å². The van der Waals surface area contributed by atoms with Crippen LogP contribution in [0.4, 0.5) is 20.2 Å². The number of nitrogens with zero attached hydrogens (tertiary/aromatic N) is 6. The van der Waals surface area contributed by atoms with E-state index in [1.807, 2.05) is 23.6 Å². The van der Waals surface area contributed by atoms with Crippen molar-refractivity contribution in [2.45, 2.75) is 83.9 Å². The number of aromatic nitrogens is 5. The molecular weight excluding hydrogens is 823 g/mol. The van der Waals surface area contributed by atoms with Gasteiger partial charge in [-0.2, -0.15) is 0 Å². The molecule has 0 radical (unpaired) electrons. The SMILES string of the molecule is CNc1ccc(-n2ccn(C(=Nc3cc(C)c(F)c(C)c3)C3=C(N)CN(C(=O)c4cc5cc(C6CCOC(C)(C)C6)ccc5n4C4(c5noc(=O)[nH]5)CC4C)C3C)c2=O)c(F)c1C=N. The van der Waals surface area contributed by atoms with Crippen LogP contribution in [0.3, 0.4) is 0 Å². The largest absolute Gasteiger partial charge is 0.438 e. The van der Waals surface area contributed by atoms with Crippen molar-refractivity contribution in [1.82, 2.24) is 28.7 Å². The van der Waals surface area contributed by atoms with Crippen molar-refractivity contribution in [2.24, 2.45) is 16.6 Å². The number of carbonyl (C=O) groups is 1. The maximum absolute atomic E-state index is 15.9. The van der Waals surface area contributed by atoms with Crippen LogP contribution >= 0.6 is 0 Å². The highest BCUT2D eigenvalue weighted by Gasteiger charge is 2.59. The van der Waals surface area contributed by atoms with Crippen LogP contribution in [0.15, 0.2) is 91.3 Å². The molecule has 1 saturated carbocycles. The lowest BCUT2D eigenvalue weighted by atomic mass is 9.83. The van der Waals surface area contributed by atoms with Gasteiger partial charge in [0.1, 0.15) is 22.9 Å². The first kappa shape index (κ1) is 42.4. The highest BCUT2D eigenvalue weighted by Crippen LogP contribution is 2.56. The van der Waals surface area contributed by atoms with Gasteiger partial charge in [0.15, 0.2) is 11.6 Å². The number of fused-ring (bicyclic) bond motifs is 1. The summed E-state index contributed by atoms with van der Waals surface area (Å²) in [5.41, 5.74) is 9.14. The third-order valence-corrected chi connectivity index (χ3v) is 13.3. The molecule has 1 amide bonds. The van der Waals surface area contributed by atoms with E-state index in [9.17, 15) is 14.0 Å². The van der Waals surface area contributed by atoms with Crippen LogP contribution in [0, 0.1) is 36.8 Å². The summed E-state index contributed by atoms with van der Waals surface area (Å²) < 4.78 is 46.2. The highest BCUT2D eigenvalue weighted by molar-refractivity contribution is 6.06. The minimum atomic E-state index is -0.898. The van der Waals surface area contributed by atoms with Gasteiger partial charge in [-0.05, 0) is 125 Å². The van der Waals surface area contributed by atoms with E-state index in [-0.39, 0.29) is 52.7 Å². The van der Waals surface area contributed by atoms with Gasteiger partial charge in [-0.1, -0.05) is 18.1 Å². The number of benzene rings is 3. The summed E-state index contributed by atoms with van der Waals surface area (Å²) >= 11 is 0. The minimum Gasteiger partial charge on any atom is -0.400 e. The number of carbonyl (C=O) groups excluding carboxylic acids is 1. The molecule has 3 aliphatic rings. The summed E-state index contributed by atoms with van der Waals surface area (Å²) in [7, 11) is 1.61. The number of amides is 1. The third-order valence-electron chi connectivity index (χ3n) is 13.3. The molecule has 5 N–H and O–H groups in total. The highest BCUT2D eigenvalue weighted by atomic mass is 19.1. The number of imidazole rings is 1. The minimum absolute atomic E-state index is 0.0326. The number of nitrogens with two attached hydrogens (primary N) is 1. The summed E-state index contributed by atoms with van der Waals surface area (Å²) in [6, 6.07) is 13.5. The summed E-state index contributed by atoms with van der Waals surface area (Å²) in [4.78, 5) is 51.5. The molecule has 5 heterocycles. The van der Waals surface area contributed by atoms with Crippen LogP contribution < -0.4 is 22.5 Å². The second kappa shape index (κ2) is 15.4. The Labute approximate surface area is 366 Å². The topological polar surface area (TPSA) is 195 Å². The van der Waals surface area contributed by atoms with Crippen molar-refractivity contribution in [1.29, 1.82) is 5.41 Å². The standard InChI is InChI=1S/C47H50F2N10O5/c1-24-16-31(17-25(2)39(24)48)53-41(57-14-13-56(45(57)62)36-11-9-34(52-7)32(22-50)40(36)49)38-27(4)58(23-33(38)51)42(60)37-19-30-18-28(29-12-15-63-46(5,6)21-29)8-10-35(30)59(37)47(20-26(47)3)43-54-44(61)64-55-43/h8-11,13-14,16-19,22,26-27,29,50,52H,12,15,20-21,23,51H2,1-7H3,(H,54,55,61). The lowest BCUT2D eigenvalue weighted by molar-refractivity contribution is -0.0592. The first-order valence-corrected chi connectivity index (χ1v) is 21.3. The summed E-state index contributed by atoms with van der Waals surface area (Å²) in [6.45, 7) is 11.8. The first-order chi connectivity index (χ1) is 30.5. The number of hydrogen-bond donors (Lipinski definition) is 4. The Balaban J connectivity index is 1.16. The van der Waals surface area contributed by atoms with E-state index in [0.717, 1.165) is 40.1 Å². The predicted molar refractivity (Wildman–Crippen MR) is 239 cm³/mol. The summed E-state index contributed by atoms with van der Waals surface area (Å²) in [5.74, 6) is -1.67. The van der Waals surface area contributed by atoms with Gasteiger partial charge < -0.3 is 30.7 Å². The fourth-order valence-electron chi connectivity index (χ4n) is 9.92. The second-order valence-corrected chi connectivity index (χ2v) is 17.9. The molecule has 3 aromatic heterocycles. The van der Waals surface area contributed by atoms with Crippen molar-refractivity contribution >= 4 is 40.2 Å². The van der Waals surface area contributed by atoms with Gasteiger partial charge in [0.2, 0.25) is 0 Å². The number of aryl methyl sites for hydroxylation is 2. The molecule has 15 nitrogen and oxygen atoms in total. The Kier molecular flexibility index (Phi) is 10.2. The van der Waals surface area contributed by atoms with Crippen molar-refractivity contribution in [3.8, 4) is 5.69 Å². The lowest BCUT2D eigenvalue weighted by Gasteiger charge is -2.35. The van der Waals surface area contributed by atoms with E-state index in [0.29, 0.717) is 52.6 Å². The predicted octanol–water partition coefficient (Wildman–Crippen LogP) is 7.00. The van der Waals surface area contributed by atoms with Crippen molar-refractivity contribution in [3.63, 3.8) is 0 Å². The van der Waals surface area contributed by atoms with Gasteiger partial charge in [0.05, 0.1) is 35.1 Å². The molecular formula is C47H50F2N10O5. The molecule has 332 valence electrons. The van der Waals surface area contributed by atoms with E-state index in [2.05, 4.69) is 41.4 Å². The zero-order valence-electron chi connectivity index (χ0n) is 36.7. The molecule has 1 saturated heterocycles.